The molecule has 1 aliphatic rings. The molecular formula is C11H11BrN2O5. The van der Waals surface area contributed by atoms with E-state index in [9.17, 15) is 14.9 Å². The molecule has 1 aromatic carbocycles. The monoisotopic (exact) mass is 330 g/mol. The molecule has 1 heterocycles. The average Bonchev–Trinajstić information content (AvgIpc) is 2.38. The van der Waals surface area contributed by atoms with Gasteiger partial charge in [0.15, 0.2) is 6.04 Å². The summed E-state index contributed by atoms with van der Waals surface area (Å²) >= 11 is 3.24. The van der Waals surface area contributed by atoms with Crippen LogP contribution in [-0.4, -0.2) is 41.8 Å². The molecular weight excluding hydrogens is 320 g/mol. The Hall–Kier alpha value is -1.67. The van der Waals surface area contributed by atoms with Gasteiger partial charge in [0.05, 0.1) is 18.1 Å². The number of rotatable bonds is 3. The van der Waals surface area contributed by atoms with E-state index in [1.165, 1.54) is 11.0 Å². The zero-order valence-electron chi connectivity index (χ0n) is 9.78. The summed E-state index contributed by atoms with van der Waals surface area (Å²) in [6, 6.07) is 3.55. The molecule has 0 amide bonds. The Morgan fingerprint density at radius 3 is 2.95 bits per heavy atom. The first-order chi connectivity index (χ1) is 9.00. The number of anilines is 1. The molecule has 0 saturated carbocycles. The maximum Gasteiger partial charge on any atom is 0.328 e. The molecule has 2 rings (SSSR count). The molecule has 1 aromatic rings. The van der Waals surface area contributed by atoms with Crippen molar-refractivity contribution in [3.8, 4) is 0 Å². The van der Waals surface area contributed by atoms with E-state index in [2.05, 4.69) is 15.9 Å². The van der Waals surface area contributed by atoms with Crippen molar-refractivity contribution in [2.45, 2.75) is 6.04 Å². The van der Waals surface area contributed by atoms with Crippen molar-refractivity contribution >= 4 is 33.3 Å². The second-order valence-electron chi connectivity index (χ2n) is 4.01. The highest BCUT2D eigenvalue weighted by Crippen LogP contribution is 2.33. The number of morpholine rings is 1. The predicted octanol–water partition coefficient (Wildman–Crippen LogP) is 1.65. The molecule has 102 valence electrons. The van der Waals surface area contributed by atoms with Crippen LogP contribution in [-0.2, 0) is 9.53 Å². The van der Waals surface area contributed by atoms with Crippen LogP contribution >= 0.6 is 15.9 Å². The lowest BCUT2D eigenvalue weighted by Gasteiger charge is -2.34. The van der Waals surface area contributed by atoms with E-state index < -0.39 is 16.9 Å². The fraction of sp³-hybridized carbons (Fsp3) is 0.364. The highest BCUT2D eigenvalue weighted by Gasteiger charge is 2.33. The number of carboxylic acids is 1. The van der Waals surface area contributed by atoms with Crippen LogP contribution in [0.15, 0.2) is 22.7 Å². The normalized spacial score (nSPS) is 19.2. The van der Waals surface area contributed by atoms with Crippen LogP contribution in [0, 0.1) is 10.1 Å². The number of nitro groups is 1. The molecule has 19 heavy (non-hydrogen) atoms. The number of carboxylic acid groups (broad SMARTS) is 1. The number of hydrogen-bond acceptors (Lipinski definition) is 5. The van der Waals surface area contributed by atoms with Crippen LogP contribution in [0.1, 0.15) is 0 Å². The lowest BCUT2D eigenvalue weighted by Crippen LogP contribution is -2.50. The van der Waals surface area contributed by atoms with Gasteiger partial charge in [0.2, 0.25) is 0 Å². The number of nitrogens with zero attached hydrogens (tertiary/aromatic N) is 2. The van der Waals surface area contributed by atoms with Gasteiger partial charge in [0.25, 0.3) is 5.69 Å². The third-order valence-corrected chi connectivity index (χ3v) is 3.35. The molecule has 1 N–H and O–H groups in total. The van der Waals surface area contributed by atoms with Crippen LogP contribution in [0.25, 0.3) is 0 Å². The van der Waals surface area contributed by atoms with E-state index in [1.807, 2.05) is 0 Å². The largest absolute Gasteiger partial charge is 0.480 e. The Kier molecular flexibility index (Phi) is 4.01. The number of halogens is 1. The Labute approximate surface area is 117 Å². The maximum absolute atomic E-state index is 11.2. The predicted molar refractivity (Wildman–Crippen MR) is 70.4 cm³/mol. The third kappa shape index (κ3) is 2.85. The number of ether oxygens (including phenoxy) is 1. The van der Waals surface area contributed by atoms with Crippen LogP contribution in [0.3, 0.4) is 0 Å². The number of carbonyl (C=O) groups is 1. The SMILES string of the molecule is O=C(O)C1COCCN1c1cc(Br)ccc1[N+](=O)[O-]. The molecule has 1 unspecified atom stereocenters. The molecule has 0 spiro atoms. The highest BCUT2D eigenvalue weighted by atomic mass is 79.9. The summed E-state index contributed by atoms with van der Waals surface area (Å²) < 4.78 is 5.78. The Balaban J connectivity index is 2.46. The van der Waals surface area contributed by atoms with E-state index in [-0.39, 0.29) is 18.0 Å². The Morgan fingerprint density at radius 1 is 1.58 bits per heavy atom. The zero-order valence-corrected chi connectivity index (χ0v) is 11.4. The molecule has 7 nitrogen and oxygen atoms in total. The van der Waals surface area contributed by atoms with Crippen LogP contribution in [0.4, 0.5) is 11.4 Å². The number of hydrogen-bond donors (Lipinski definition) is 1. The lowest BCUT2D eigenvalue weighted by atomic mass is 10.1. The van der Waals surface area contributed by atoms with E-state index >= 15 is 0 Å². The molecule has 1 aliphatic heterocycles. The topological polar surface area (TPSA) is 92.9 Å². The van der Waals surface area contributed by atoms with Crippen LogP contribution in [0.2, 0.25) is 0 Å². The van der Waals surface area contributed by atoms with Gasteiger partial charge in [-0.05, 0) is 12.1 Å². The van der Waals surface area contributed by atoms with Gasteiger partial charge in [0, 0.05) is 17.1 Å². The molecule has 0 bridgehead atoms. The first-order valence-corrected chi connectivity index (χ1v) is 6.31. The van der Waals surface area contributed by atoms with Gasteiger partial charge in [-0.15, -0.1) is 0 Å². The minimum absolute atomic E-state index is 0.0129. The summed E-state index contributed by atoms with van der Waals surface area (Å²) in [5.74, 6) is -1.06. The first kappa shape index (κ1) is 13.8. The average molecular weight is 331 g/mol. The van der Waals surface area contributed by atoms with Crippen LogP contribution in [0.5, 0.6) is 0 Å². The summed E-state index contributed by atoms with van der Waals surface area (Å²) in [4.78, 5) is 23.2. The van der Waals surface area contributed by atoms with E-state index in [1.54, 1.807) is 12.1 Å². The number of aliphatic carboxylic acids is 1. The van der Waals surface area contributed by atoms with Crippen molar-refractivity contribution in [1.29, 1.82) is 0 Å². The summed E-state index contributed by atoms with van der Waals surface area (Å²) in [5, 5.41) is 20.2. The van der Waals surface area contributed by atoms with Crippen molar-refractivity contribution < 1.29 is 19.6 Å². The van der Waals surface area contributed by atoms with Crippen molar-refractivity contribution in [3.05, 3.63) is 32.8 Å². The third-order valence-electron chi connectivity index (χ3n) is 2.86. The van der Waals surface area contributed by atoms with Crippen molar-refractivity contribution in [2.24, 2.45) is 0 Å². The smallest absolute Gasteiger partial charge is 0.328 e. The van der Waals surface area contributed by atoms with Gasteiger partial charge in [-0.3, -0.25) is 10.1 Å². The van der Waals surface area contributed by atoms with E-state index in [4.69, 9.17) is 9.84 Å². The summed E-state index contributed by atoms with van der Waals surface area (Å²) in [6.45, 7) is 0.653. The summed E-state index contributed by atoms with van der Waals surface area (Å²) in [7, 11) is 0. The quantitative estimate of drug-likeness (QED) is 0.669. The van der Waals surface area contributed by atoms with E-state index in [0.29, 0.717) is 17.6 Å². The molecule has 0 aromatic heterocycles. The second-order valence-corrected chi connectivity index (χ2v) is 4.93. The Morgan fingerprint density at radius 2 is 2.32 bits per heavy atom. The zero-order chi connectivity index (χ0) is 14.0. The first-order valence-electron chi connectivity index (χ1n) is 5.52. The van der Waals surface area contributed by atoms with Crippen molar-refractivity contribution in [3.63, 3.8) is 0 Å². The summed E-state index contributed by atoms with van der Waals surface area (Å²) in [6.07, 6.45) is 0. The van der Waals surface area contributed by atoms with Gasteiger partial charge in [0.1, 0.15) is 5.69 Å². The van der Waals surface area contributed by atoms with Gasteiger partial charge in [-0.2, -0.15) is 0 Å². The molecule has 8 heteroatoms. The fourth-order valence-electron chi connectivity index (χ4n) is 1.98. The molecule has 0 aliphatic carbocycles. The Bertz CT molecular complexity index is 522. The summed E-state index contributed by atoms with van der Waals surface area (Å²) in [5.41, 5.74) is 0.173. The second kappa shape index (κ2) is 5.54. The highest BCUT2D eigenvalue weighted by molar-refractivity contribution is 9.10. The fourth-order valence-corrected chi connectivity index (χ4v) is 2.33. The molecule has 0 radical (unpaired) electrons. The van der Waals surface area contributed by atoms with E-state index in [0.717, 1.165) is 0 Å². The van der Waals surface area contributed by atoms with Gasteiger partial charge in [-0.25, -0.2) is 4.79 Å². The minimum atomic E-state index is -1.06. The minimum Gasteiger partial charge on any atom is -0.480 e. The standard InChI is InChI=1S/C11H11BrN2O5/c12-7-1-2-8(14(17)18)9(5-7)13-3-4-19-6-10(13)11(15)16/h1-2,5,10H,3-4,6H2,(H,15,16). The molecule has 1 atom stereocenters. The number of nitro benzene ring substituents is 1. The molecule has 1 fully saturated rings. The van der Waals surface area contributed by atoms with Crippen LogP contribution < -0.4 is 4.90 Å². The van der Waals surface area contributed by atoms with Crippen molar-refractivity contribution in [1.82, 2.24) is 0 Å². The maximum atomic E-state index is 11.2. The number of benzene rings is 1. The van der Waals surface area contributed by atoms with Gasteiger partial charge in [-0.1, -0.05) is 15.9 Å². The molecule has 1 saturated heterocycles. The van der Waals surface area contributed by atoms with Crippen molar-refractivity contribution in [2.75, 3.05) is 24.7 Å². The lowest BCUT2D eigenvalue weighted by molar-refractivity contribution is -0.384. The van der Waals surface area contributed by atoms with Gasteiger partial charge < -0.3 is 14.7 Å². The van der Waals surface area contributed by atoms with Gasteiger partial charge >= 0.3 is 5.97 Å².